The number of aromatic nitrogens is 3. The van der Waals surface area contributed by atoms with Crippen molar-refractivity contribution in [3.63, 3.8) is 0 Å². The van der Waals surface area contributed by atoms with Gasteiger partial charge in [0.05, 0.1) is 0 Å². The number of likely N-dealkylation sites (N-methyl/N-ethyl adjacent to an activating group) is 1. The Morgan fingerprint density at radius 3 is 2.60 bits per heavy atom. The smallest absolute Gasteiger partial charge is 0.410 e. The Labute approximate surface area is 166 Å². The van der Waals surface area contributed by atoms with E-state index in [1.165, 1.54) is 11.2 Å². The van der Waals surface area contributed by atoms with E-state index in [9.17, 15) is 4.79 Å². The van der Waals surface area contributed by atoms with Crippen molar-refractivity contribution in [2.75, 3.05) is 26.7 Å². The minimum absolute atomic E-state index is 0. The third-order valence-electron chi connectivity index (χ3n) is 2.97. The van der Waals surface area contributed by atoms with Crippen LogP contribution in [0.2, 0.25) is 0 Å². The van der Waals surface area contributed by atoms with E-state index in [4.69, 9.17) is 4.74 Å². The summed E-state index contributed by atoms with van der Waals surface area (Å²) in [6, 6.07) is 0. The molecule has 0 spiro atoms. The van der Waals surface area contributed by atoms with E-state index < -0.39 is 5.60 Å². The predicted octanol–water partition coefficient (Wildman–Crippen LogP) is 1.36. The molecule has 9 nitrogen and oxygen atoms in total. The Bertz CT molecular complexity index is 554. The molecule has 0 saturated carbocycles. The number of guanidine groups is 1. The average molecular weight is 467 g/mol. The fourth-order valence-electron chi connectivity index (χ4n) is 1.73. The second-order valence-corrected chi connectivity index (χ2v) is 6.32. The molecule has 2 N–H and O–H groups in total. The molecular formula is C15H30IN7O2. The molecule has 25 heavy (non-hydrogen) atoms. The van der Waals surface area contributed by atoms with Crippen molar-refractivity contribution < 1.29 is 9.53 Å². The van der Waals surface area contributed by atoms with Crippen molar-refractivity contribution >= 4 is 36.0 Å². The van der Waals surface area contributed by atoms with Crippen LogP contribution < -0.4 is 10.6 Å². The number of hydrogen-bond acceptors (Lipinski definition) is 5. The summed E-state index contributed by atoms with van der Waals surface area (Å²) in [5, 5.41) is 10.3. The highest BCUT2D eigenvalue weighted by molar-refractivity contribution is 14.0. The van der Waals surface area contributed by atoms with Gasteiger partial charge in [-0.25, -0.2) is 14.8 Å². The Morgan fingerprint density at radius 1 is 1.40 bits per heavy atom. The first-order valence-corrected chi connectivity index (χ1v) is 8.02. The minimum Gasteiger partial charge on any atom is -0.444 e. The van der Waals surface area contributed by atoms with Crippen molar-refractivity contribution in [3.8, 4) is 0 Å². The summed E-state index contributed by atoms with van der Waals surface area (Å²) in [5.74, 6) is 1.44. The number of aryl methyl sites for hydroxylation is 1. The number of aliphatic imine (C=N–C) groups is 1. The molecule has 0 aromatic carbocycles. The van der Waals surface area contributed by atoms with Gasteiger partial charge in [-0.3, -0.25) is 4.68 Å². The molecule has 144 valence electrons. The van der Waals surface area contributed by atoms with Crippen LogP contribution in [0.15, 0.2) is 11.3 Å². The molecule has 0 atom stereocenters. The highest BCUT2D eigenvalue weighted by atomic mass is 127. The number of nitrogens with one attached hydrogen (secondary N) is 2. The lowest BCUT2D eigenvalue weighted by molar-refractivity contribution is 0.0302. The van der Waals surface area contributed by atoms with Gasteiger partial charge in [-0.15, -0.1) is 24.0 Å². The van der Waals surface area contributed by atoms with Crippen LogP contribution in [0.1, 0.15) is 33.5 Å². The largest absolute Gasteiger partial charge is 0.444 e. The van der Waals surface area contributed by atoms with E-state index >= 15 is 0 Å². The number of carbonyl (C=O) groups excluding carboxylic acids is 1. The summed E-state index contributed by atoms with van der Waals surface area (Å²) in [6.45, 7) is 9.76. The maximum Gasteiger partial charge on any atom is 0.410 e. The predicted molar refractivity (Wildman–Crippen MR) is 108 cm³/mol. The maximum absolute atomic E-state index is 11.9. The quantitative estimate of drug-likeness (QED) is 0.373. The molecule has 0 saturated heterocycles. The van der Waals surface area contributed by atoms with E-state index in [2.05, 4.69) is 25.7 Å². The van der Waals surface area contributed by atoms with Gasteiger partial charge in [-0.1, -0.05) is 0 Å². The van der Waals surface area contributed by atoms with Crippen LogP contribution in [0.4, 0.5) is 4.79 Å². The first-order chi connectivity index (χ1) is 11.2. The van der Waals surface area contributed by atoms with Crippen LogP contribution in [0, 0.1) is 0 Å². The lowest BCUT2D eigenvalue weighted by atomic mass is 10.2. The molecular weight excluding hydrogens is 437 g/mol. The number of nitrogens with zero attached hydrogens (tertiary/aromatic N) is 5. The summed E-state index contributed by atoms with van der Waals surface area (Å²) < 4.78 is 6.99. The minimum atomic E-state index is -0.495. The van der Waals surface area contributed by atoms with Gasteiger partial charge in [0.1, 0.15) is 24.3 Å². The van der Waals surface area contributed by atoms with Gasteiger partial charge in [0.2, 0.25) is 0 Å². The monoisotopic (exact) mass is 467 g/mol. The van der Waals surface area contributed by atoms with E-state index in [0.29, 0.717) is 25.6 Å². The van der Waals surface area contributed by atoms with Crippen molar-refractivity contribution in [1.82, 2.24) is 30.3 Å². The van der Waals surface area contributed by atoms with E-state index in [-0.39, 0.29) is 30.1 Å². The lowest BCUT2D eigenvalue weighted by Crippen LogP contribution is -2.43. The van der Waals surface area contributed by atoms with Crippen molar-refractivity contribution in [2.45, 2.75) is 39.8 Å². The molecule has 0 aliphatic heterocycles. The van der Waals surface area contributed by atoms with Crippen LogP contribution in [0.5, 0.6) is 0 Å². The standard InChI is InChI=1S/C15H29N7O2.HI/c1-7-16-13(18-10-12-19-11-20-22(12)6)17-8-9-21(5)14(23)24-15(2,3)4;/h11H,7-10H2,1-6H3,(H2,16,17,18);1H. The first-order valence-electron chi connectivity index (χ1n) is 8.02. The SMILES string of the molecule is CCNC(=NCc1ncnn1C)NCCN(C)C(=O)OC(C)(C)C.I. The van der Waals surface area contributed by atoms with Crippen LogP contribution in [-0.4, -0.2) is 64.0 Å². The molecule has 0 aliphatic carbocycles. The van der Waals surface area contributed by atoms with Crippen molar-refractivity contribution in [3.05, 3.63) is 12.2 Å². The highest BCUT2D eigenvalue weighted by Gasteiger charge is 2.19. The summed E-state index contributed by atoms with van der Waals surface area (Å²) >= 11 is 0. The number of ether oxygens (including phenoxy) is 1. The second-order valence-electron chi connectivity index (χ2n) is 6.32. The van der Waals surface area contributed by atoms with Crippen molar-refractivity contribution in [1.29, 1.82) is 0 Å². The third kappa shape index (κ3) is 9.46. The van der Waals surface area contributed by atoms with Gasteiger partial charge in [-0.2, -0.15) is 5.10 Å². The molecule has 1 heterocycles. The topological polar surface area (TPSA) is 96.7 Å². The molecule has 0 bridgehead atoms. The molecule has 0 unspecified atom stereocenters. The van der Waals surface area contributed by atoms with Gasteiger partial charge >= 0.3 is 6.09 Å². The first kappa shape index (κ1) is 23.4. The molecule has 1 aromatic heterocycles. The number of hydrogen-bond donors (Lipinski definition) is 2. The molecule has 1 rings (SSSR count). The highest BCUT2D eigenvalue weighted by Crippen LogP contribution is 2.08. The van der Waals surface area contributed by atoms with E-state index in [0.717, 1.165) is 12.4 Å². The summed E-state index contributed by atoms with van der Waals surface area (Å²) in [5.41, 5.74) is -0.495. The summed E-state index contributed by atoms with van der Waals surface area (Å²) in [4.78, 5) is 22.0. The average Bonchev–Trinajstić information content (AvgIpc) is 2.88. The molecule has 1 aromatic rings. The third-order valence-corrected chi connectivity index (χ3v) is 2.97. The fourth-order valence-corrected chi connectivity index (χ4v) is 1.73. The number of halogens is 1. The van der Waals surface area contributed by atoms with Gasteiger partial charge < -0.3 is 20.3 Å². The number of carbonyl (C=O) groups is 1. The van der Waals surface area contributed by atoms with Crippen LogP contribution in [0.25, 0.3) is 0 Å². The normalized spacial score (nSPS) is 11.5. The molecule has 0 fully saturated rings. The summed E-state index contributed by atoms with van der Waals surface area (Å²) in [6.07, 6.45) is 1.16. The van der Waals surface area contributed by atoms with E-state index in [1.807, 2.05) is 34.7 Å². The van der Waals surface area contributed by atoms with Crippen LogP contribution in [0.3, 0.4) is 0 Å². The van der Waals surface area contributed by atoms with Gasteiger partial charge in [0.15, 0.2) is 5.96 Å². The molecule has 0 radical (unpaired) electrons. The Hall–Kier alpha value is -1.59. The number of rotatable bonds is 6. The zero-order chi connectivity index (χ0) is 18.2. The molecule has 10 heteroatoms. The van der Waals surface area contributed by atoms with E-state index in [1.54, 1.807) is 11.7 Å². The Morgan fingerprint density at radius 2 is 2.08 bits per heavy atom. The van der Waals surface area contributed by atoms with Gasteiger partial charge in [-0.05, 0) is 27.7 Å². The zero-order valence-electron chi connectivity index (χ0n) is 15.9. The lowest BCUT2D eigenvalue weighted by Gasteiger charge is -2.24. The second kappa shape index (κ2) is 11.1. The fraction of sp³-hybridized carbons (Fsp3) is 0.733. The molecule has 1 amide bonds. The molecule has 0 aliphatic rings. The Kier molecular flexibility index (Phi) is 10.4. The zero-order valence-corrected chi connectivity index (χ0v) is 18.2. The number of amides is 1. The van der Waals surface area contributed by atoms with Crippen molar-refractivity contribution in [2.24, 2.45) is 12.0 Å². The summed E-state index contributed by atoms with van der Waals surface area (Å²) in [7, 11) is 3.54. The van der Waals surface area contributed by atoms with Crippen LogP contribution >= 0.6 is 24.0 Å². The maximum atomic E-state index is 11.9. The van der Waals surface area contributed by atoms with Crippen LogP contribution in [-0.2, 0) is 18.3 Å². The Balaban J connectivity index is 0.00000576. The van der Waals surface area contributed by atoms with Gasteiger partial charge in [0, 0.05) is 33.7 Å². The van der Waals surface area contributed by atoms with Gasteiger partial charge in [0.25, 0.3) is 0 Å².